The number of hydrogen-bond donors (Lipinski definition) is 1. The minimum Gasteiger partial charge on any atom is -0.376 e. The quantitative estimate of drug-likeness (QED) is 0.628. The molecule has 0 fully saturated rings. The van der Waals surface area contributed by atoms with Gasteiger partial charge in [0.25, 0.3) is 0 Å². The third-order valence-electron chi connectivity index (χ3n) is 3.35. The summed E-state index contributed by atoms with van der Waals surface area (Å²) in [6.45, 7) is 0. The highest BCUT2D eigenvalue weighted by Crippen LogP contribution is 2.39. The van der Waals surface area contributed by atoms with Crippen LogP contribution >= 0.6 is 39.3 Å². The van der Waals surface area contributed by atoms with E-state index in [0.717, 1.165) is 28.7 Å². The van der Waals surface area contributed by atoms with Gasteiger partial charge in [-0.2, -0.15) is 0 Å². The summed E-state index contributed by atoms with van der Waals surface area (Å²) < 4.78 is 27.7. The lowest BCUT2D eigenvalue weighted by Gasteiger charge is -2.27. The van der Waals surface area contributed by atoms with Gasteiger partial charge >= 0.3 is 0 Å². The van der Waals surface area contributed by atoms with Gasteiger partial charge in [-0.3, -0.25) is 0 Å². The van der Waals surface area contributed by atoms with E-state index in [1.165, 1.54) is 6.07 Å². The van der Waals surface area contributed by atoms with Gasteiger partial charge in [-0.15, -0.1) is 11.8 Å². The van der Waals surface area contributed by atoms with Crippen LogP contribution in [-0.4, -0.2) is 5.75 Å². The van der Waals surface area contributed by atoms with Crippen molar-refractivity contribution in [2.45, 2.75) is 17.4 Å². The maximum atomic E-state index is 14.0. The number of thioether (sulfide) groups is 1. The third kappa shape index (κ3) is 3.20. The zero-order valence-electron chi connectivity index (χ0n) is 10.8. The number of hydrogen-bond acceptors (Lipinski definition) is 2. The Balaban J connectivity index is 1.93. The summed E-state index contributed by atoms with van der Waals surface area (Å²) in [5, 5.41) is 3.74. The molecule has 1 nitrogen and oxygen atoms in total. The average Bonchev–Trinajstić information content (AvgIpc) is 2.45. The van der Waals surface area contributed by atoms with Crippen LogP contribution in [0.15, 0.2) is 39.7 Å². The van der Waals surface area contributed by atoms with Gasteiger partial charge in [-0.05, 0) is 52.2 Å². The van der Waals surface area contributed by atoms with Crippen LogP contribution in [0.4, 0.5) is 14.5 Å². The number of rotatable bonds is 2. The van der Waals surface area contributed by atoms with Gasteiger partial charge in [0.2, 0.25) is 0 Å². The fourth-order valence-corrected chi connectivity index (χ4v) is 3.94. The highest BCUT2D eigenvalue weighted by atomic mass is 79.9. The molecular weight excluding hydrogens is 380 g/mol. The van der Waals surface area contributed by atoms with Crippen molar-refractivity contribution < 1.29 is 8.78 Å². The monoisotopic (exact) mass is 389 g/mol. The molecule has 0 saturated carbocycles. The van der Waals surface area contributed by atoms with Gasteiger partial charge < -0.3 is 5.32 Å². The Morgan fingerprint density at radius 1 is 1.19 bits per heavy atom. The molecule has 1 unspecified atom stereocenters. The van der Waals surface area contributed by atoms with Crippen molar-refractivity contribution in [3.8, 4) is 0 Å². The van der Waals surface area contributed by atoms with Gasteiger partial charge in [-0.25, -0.2) is 8.78 Å². The van der Waals surface area contributed by atoms with Crippen LogP contribution in [0.2, 0.25) is 5.02 Å². The predicted molar refractivity (Wildman–Crippen MR) is 87.2 cm³/mol. The molecule has 0 radical (unpaired) electrons. The lowest BCUT2D eigenvalue weighted by Crippen LogP contribution is -2.17. The summed E-state index contributed by atoms with van der Waals surface area (Å²) in [5.41, 5.74) is 1.19. The van der Waals surface area contributed by atoms with Crippen molar-refractivity contribution in [1.29, 1.82) is 0 Å². The number of benzene rings is 2. The molecule has 2 aromatic carbocycles. The van der Waals surface area contributed by atoms with E-state index >= 15 is 0 Å². The smallest absolute Gasteiger partial charge is 0.147 e. The molecule has 21 heavy (non-hydrogen) atoms. The van der Waals surface area contributed by atoms with E-state index in [1.54, 1.807) is 11.8 Å². The molecule has 0 aromatic heterocycles. The third-order valence-corrected chi connectivity index (χ3v) is 5.32. The molecule has 3 rings (SSSR count). The summed E-state index contributed by atoms with van der Waals surface area (Å²) >= 11 is 10.8. The second kappa shape index (κ2) is 6.15. The highest BCUT2D eigenvalue weighted by molar-refractivity contribution is 9.10. The summed E-state index contributed by atoms with van der Waals surface area (Å²) in [5.74, 6) is -0.0482. The van der Waals surface area contributed by atoms with E-state index in [9.17, 15) is 8.78 Å². The van der Waals surface area contributed by atoms with Crippen LogP contribution in [-0.2, 0) is 0 Å². The Labute approximate surface area is 139 Å². The zero-order chi connectivity index (χ0) is 15.0. The first-order valence-electron chi connectivity index (χ1n) is 6.38. The lowest BCUT2D eigenvalue weighted by molar-refractivity contribution is 0.592. The van der Waals surface area contributed by atoms with Crippen molar-refractivity contribution in [2.24, 2.45) is 0 Å². The number of anilines is 1. The summed E-state index contributed by atoms with van der Waals surface area (Å²) in [6, 6.07) is 7.92. The van der Waals surface area contributed by atoms with Crippen LogP contribution in [0.1, 0.15) is 18.0 Å². The molecule has 1 heterocycles. The minimum atomic E-state index is -0.490. The van der Waals surface area contributed by atoms with Crippen molar-refractivity contribution >= 4 is 45.0 Å². The molecule has 0 spiro atoms. The summed E-state index contributed by atoms with van der Waals surface area (Å²) in [7, 11) is 0. The standard InChI is InChI=1S/C15H11BrClF2NS/c16-10-6-12(19)14(7-11(10)18)20-13-3-4-21-15-2-1-8(17)5-9(13)15/h1-2,5-7,13,20H,3-4H2. The zero-order valence-corrected chi connectivity index (χ0v) is 14.0. The lowest BCUT2D eigenvalue weighted by atomic mass is 10.0. The SMILES string of the molecule is Fc1cc(NC2CCSc3ccc(Cl)cc32)c(F)cc1Br. The van der Waals surface area contributed by atoms with Crippen molar-refractivity contribution in [2.75, 3.05) is 11.1 Å². The Kier molecular flexibility index (Phi) is 4.43. The molecule has 1 atom stereocenters. The van der Waals surface area contributed by atoms with Crippen LogP contribution in [0.25, 0.3) is 0 Å². The maximum Gasteiger partial charge on any atom is 0.147 e. The first-order chi connectivity index (χ1) is 10.0. The van der Waals surface area contributed by atoms with Gasteiger partial charge in [0.1, 0.15) is 11.6 Å². The van der Waals surface area contributed by atoms with Crippen LogP contribution in [0.5, 0.6) is 0 Å². The van der Waals surface area contributed by atoms with Gasteiger partial charge in [-0.1, -0.05) is 11.6 Å². The molecule has 1 N–H and O–H groups in total. The second-order valence-corrected chi connectivity index (χ2v) is 7.19. The van der Waals surface area contributed by atoms with Crippen LogP contribution < -0.4 is 5.32 Å². The van der Waals surface area contributed by atoms with Gasteiger partial charge in [0, 0.05) is 21.7 Å². The average molecular weight is 391 g/mol. The summed E-state index contributed by atoms with van der Waals surface area (Å²) in [6.07, 6.45) is 0.829. The van der Waals surface area contributed by atoms with Crippen LogP contribution in [0.3, 0.4) is 0 Å². The fraction of sp³-hybridized carbons (Fsp3) is 0.200. The molecule has 0 aliphatic carbocycles. The van der Waals surface area contributed by atoms with E-state index in [-0.39, 0.29) is 16.2 Å². The van der Waals surface area contributed by atoms with E-state index in [1.807, 2.05) is 18.2 Å². The first kappa shape index (κ1) is 15.1. The van der Waals surface area contributed by atoms with E-state index in [4.69, 9.17) is 11.6 Å². The van der Waals surface area contributed by atoms with Gasteiger partial charge in [0.15, 0.2) is 0 Å². The molecule has 0 amide bonds. The van der Waals surface area contributed by atoms with E-state index in [2.05, 4.69) is 21.2 Å². The Bertz CT molecular complexity index is 696. The molecule has 0 saturated heterocycles. The number of halogens is 4. The molecule has 2 aromatic rings. The first-order valence-corrected chi connectivity index (χ1v) is 8.53. The van der Waals surface area contributed by atoms with Crippen LogP contribution in [0, 0.1) is 11.6 Å². The highest BCUT2D eigenvalue weighted by Gasteiger charge is 2.22. The topological polar surface area (TPSA) is 12.0 Å². The van der Waals surface area contributed by atoms with E-state index < -0.39 is 11.6 Å². The maximum absolute atomic E-state index is 14.0. The Hall–Kier alpha value is -0.780. The molecule has 0 bridgehead atoms. The molecular formula is C15H11BrClF2NS. The number of fused-ring (bicyclic) bond motifs is 1. The van der Waals surface area contributed by atoms with Crippen molar-refractivity contribution in [3.05, 3.63) is 57.0 Å². The Morgan fingerprint density at radius 3 is 2.81 bits per heavy atom. The molecule has 1 aliphatic rings. The molecule has 110 valence electrons. The van der Waals surface area contributed by atoms with Gasteiger partial charge in [0.05, 0.1) is 16.2 Å². The largest absolute Gasteiger partial charge is 0.376 e. The van der Waals surface area contributed by atoms with E-state index in [0.29, 0.717) is 5.02 Å². The normalized spacial score (nSPS) is 17.4. The number of nitrogens with one attached hydrogen (secondary N) is 1. The molecule has 6 heteroatoms. The minimum absolute atomic E-state index is 0.0741. The Morgan fingerprint density at radius 2 is 2.00 bits per heavy atom. The second-order valence-electron chi connectivity index (χ2n) is 4.76. The summed E-state index contributed by atoms with van der Waals surface area (Å²) in [4.78, 5) is 1.13. The fourth-order valence-electron chi connectivity index (χ4n) is 2.34. The predicted octanol–water partition coefficient (Wildman–Crippen LogP) is 6.03. The van der Waals surface area contributed by atoms with Crippen molar-refractivity contribution in [1.82, 2.24) is 0 Å². The van der Waals surface area contributed by atoms with Crippen molar-refractivity contribution in [3.63, 3.8) is 0 Å². The molecule has 1 aliphatic heterocycles.